The molecule has 4 heteroatoms. The van der Waals surface area contributed by atoms with Gasteiger partial charge in [-0.25, -0.2) is 9.97 Å². The van der Waals surface area contributed by atoms with Crippen LogP contribution in [0.15, 0.2) is 18.2 Å². The summed E-state index contributed by atoms with van der Waals surface area (Å²) in [5, 5.41) is 3.44. The molecule has 1 unspecified atom stereocenters. The van der Waals surface area contributed by atoms with Crippen molar-refractivity contribution in [3.8, 4) is 0 Å². The van der Waals surface area contributed by atoms with Crippen LogP contribution in [0.3, 0.4) is 0 Å². The number of hydrogen-bond donors (Lipinski definition) is 1. The van der Waals surface area contributed by atoms with Crippen molar-refractivity contribution in [1.29, 1.82) is 0 Å². The van der Waals surface area contributed by atoms with Gasteiger partial charge in [-0.2, -0.15) is 0 Å². The summed E-state index contributed by atoms with van der Waals surface area (Å²) in [4.78, 5) is 11.5. The van der Waals surface area contributed by atoms with E-state index in [-0.39, 0.29) is 0 Å². The molecule has 0 aliphatic carbocycles. The number of nitrogens with one attached hydrogen (secondary N) is 1. The lowest BCUT2D eigenvalue weighted by atomic mass is 10.2. The predicted molar refractivity (Wildman–Crippen MR) is 77.4 cm³/mol. The lowest BCUT2D eigenvalue weighted by Crippen LogP contribution is -2.18. The topological polar surface area (TPSA) is 37.8 Å². The van der Waals surface area contributed by atoms with Gasteiger partial charge in [0.25, 0.3) is 0 Å². The molecule has 0 aliphatic heterocycles. The summed E-state index contributed by atoms with van der Waals surface area (Å²) in [6.45, 7) is 8.24. The highest BCUT2D eigenvalue weighted by atomic mass is 32.1. The third-order valence-corrected chi connectivity index (χ3v) is 3.69. The largest absolute Gasteiger partial charge is 0.367 e. The molecular formula is C14H19N3S. The molecule has 0 aromatic carbocycles. The van der Waals surface area contributed by atoms with Crippen LogP contribution in [0.5, 0.6) is 0 Å². The minimum atomic E-state index is 0.372. The van der Waals surface area contributed by atoms with E-state index in [1.165, 1.54) is 9.75 Å². The molecule has 2 heterocycles. The lowest BCUT2D eigenvalue weighted by Gasteiger charge is -2.14. The fourth-order valence-electron chi connectivity index (χ4n) is 1.99. The van der Waals surface area contributed by atoms with Crippen LogP contribution >= 0.6 is 11.3 Å². The molecule has 0 bridgehead atoms. The number of nitrogens with zero attached hydrogens (tertiary/aromatic N) is 2. The summed E-state index contributed by atoms with van der Waals surface area (Å²) < 4.78 is 0. The Hall–Kier alpha value is -1.42. The first-order valence-corrected chi connectivity index (χ1v) is 6.99. The van der Waals surface area contributed by atoms with Crippen molar-refractivity contribution in [2.45, 2.75) is 40.2 Å². The minimum Gasteiger partial charge on any atom is -0.367 e. The van der Waals surface area contributed by atoms with Crippen molar-refractivity contribution >= 4 is 17.2 Å². The molecule has 2 rings (SSSR count). The summed E-state index contributed by atoms with van der Waals surface area (Å²) in [7, 11) is 0. The number of aromatic nitrogens is 2. The van der Waals surface area contributed by atoms with E-state index in [2.05, 4.69) is 41.3 Å². The van der Waals surface area contributed by atoms with Crippen molar-refractivity contribution in [2.75, 3.05) is 5.32 Å². The van der Waals surface area contributed by atoms with Crippen molar-refractivity contribution in [3.05, 3.63) is 39.5 Å². The van der Waals surface area contributed by atoms with Gasteiger partial charge in [-0.3, -0.25) is 0 Å². The summed E-state index contributed by atoms with van der Waals surface area (Å²) in [6, 6.07) is 6.74. The molecule has 1 atom stereocenters. The first-order chi connectivity index (χ1) is 8.52. The standard InChI is InChI=1S/C14H19N3S/c1-9(7-13-6-5-11(3)18-13)16-14-8-10(2)15-12(4)17-14/h5-6,8-9H,7H2,1-4H3,(H,15,16,17). The molecule has 1 N–H and O–H groups in total. The SMILES string of the molecule is Cc1cc(NC(C)Cc2ccc(C)s2)nc(C)n1. The second-order valence-electron chi connectivity index (χ2n) is 4.70. The fourth-order valence-corrected chi connectivity index (χ4v) is 3.01. The summed E-state index contributed by atoms with van der Waals surface area (Å²) >= 11 is 1.86. The second kappa shape index (κ2) is 5.48. The van der Waals surface area contributed by atoms with Crippen LogP contribution in [0.2, 0.25) is 0 Å². The Bertz CT molecular complexity index is 513. The van der Waals surface area contributed by atoms with Gasteiger partial charge in [0.1, 0.15) is 11.6 Å². The molecule has 0 aliphatic rings. The van der Waals surface area contributed by atoms with Gasteiger partial charge in [-0.05, 0) is 39.8 Å². The maximum Gasteiger partial charge on any atom is 0.130 e. The van der Waals surface area contributed by atoms with E-state index in [4.69, 9.17) is 0 Å². The number of anilines is 1. The number of thiophene rings is 1. The number of aryl methyl sites for hydroxylation is 3. The van der Waals surface area contributed by atoms with E-state index in [1.54, 1.807) is 0 Å². The smallest absolute Gasteiger partial charge is 0.130 e. The van der Waals surface area contributed by atoms with E-state index in [9.17, 15) is 0 Å². The molecule has 2 aromatic heterocycles. The Labute approximate surface area is 112 Å². The average Bonchev–Trinajstić information content (AvgIpc) is 2.61. The minimum absolute atomic E-state index is 0.372. The van der Waals surface area contributed by atoms with Gasteiger partial charge in [-0.1, -0.05) is 0 Å². The second-order valence-corrected chi connectivity index (χ2v) is 6.08. The van der Waals surface area contributed by atoms with Gasteiger partial charge < -0.3 is 5.32 Å². The summed E-state index contributed by atoms with van der Waals surface area (Å²) in [5.41, 5.74) is 1.00. The highest BCUT2D eigenvalue weighted by Gasteiger charge is 2.07. The molecule has 0 fully saturated rings. The summed E-state index contributed by atoms with van der Waals surface area (Å²) in [6.07, 6.45) is 1.03. The van der Waals surface area contributed by atoms with E-state index in [0.29, 0.717) is 6.04 Å². The Morgan fingerprint density at radius 3 is 2.61 bits per heavy atom. The van der Waals surface area contributed by atoms with E-state index in [1.807, 2.05) is 31.3 Å². The van der Waals surface area contributed by atoms with Gasteiger partial charge in [-0.15, -0.1) is 11.3 Å². The van der Waals surface area contributed by atoms with Gasteiger partial charge in [0.05, 0.1) is 0 Å². The summed E-state index contributed by atoms with van der Waals surface area (Å²) in [5.74, 6) is 1.73. The van der Waals surface area contributed by atoms with Crippen LogP contribution in [0.4, 0.5) is 5.82 Å². The molecule has 18 heavy (non-hydrogen) atoms. The molecule has 0 spiro atoms. The average molecular weight is 261 g/mol. The van der Waals surface area contributed by atoms with Crippen molar-refractivity contribution in [3.63, 3.8) is 0 Å². The fraction of sp³-hybridized carbons (Fsp3) is 0.429. The van der Waals surface area contributed by atoms with Crippen LogP contribution in [0.25, 0.3) is 0 Å². The molecule has 96 valence electrons. The normalized spacial score (nSPS) is 12.4. The Kier molecular flexibility index (Phi) is 3.97. The Morgan fingerprint density at radius 2 is 2.00 bits per heavy atom. The van der Waals surface area contributed by atoms with Crippen LogP contribution in [-0.4, -0.2) is 16.0 Å². The van der Waals surface area contributed by atoms with Gasteiger partial charge in [0.15, 0.2) is 0 Å². The number of hydrogen-bond acceptors (Lipinski definition) is 4. The molecule has 0 saturated heterocycles. The first-order valence-electron chi connectivity index (χ1n) is 6.17. The third kappa shape index (κ3) is 3.53. The Morgan fingerprint density at radius 1 is 1.22 bits per heavy atom. The zero-order valence-electron chi connectivity index (χ0n) is 11.3. The van der Waals surface area contributed by atoms with Gasteiger partial charge >= 0.3 is 0 Å². The first kappa shape index (κ1) is 13.0. The van der Waals surface area contributed by atoms with E-state index >= 15 is 0 Å². The predicted octanol–water partition coefficient (Wildman–Crippen LogP) is 3.51. The third-order valence-electron chi connectivity index (χ3n) is 2.66. The number of rotatable bonds is 4. The van der Waals surface area contributed by atoms with Crippen molar-refractivity contribution in [1.82, 2.24) is 9.97 Å². The molecule has 3 nitrogen and oxygen atoms in total. The van der Waals surface area contributed by atoms with E-state index < -0.39 is 0 Å². The lowest BCUT2D eigenvalue weighted by molar-refractivity contribution is 0.790. The highest BCUT2D eigenvalue weighted by Crippen LogP contribution is 2.18. The maximum absolute atomic E-state index is 4.40. The van der Waals surface area contributed by atoms with Crippen LogP contribution < -0.4 is 5.32 Å². The zero-order chi connectivity index (χ0) is 13.1. The molecule has 0 radical (unpaired) electrons. The molecular weight excluding hydrogens is 242 g/mol. The quantitative estimate of drug-likeness (QED) is 0.915. The maximum atomic E-state index is 4.40. The Balaban J connectivity index is 2.00. The molecule has 0 saturated carbocycles. The molecule has 2 aromatic rings. The van der Waals surface area contributed by atoms with E-state index in [0.717, 1.165) is 23.8 Å². The van der Waals surface area contributed by atoms with Crippen LogP contribution in [0.1, 0.15) is 28.2 Å². The van der Waals surface area contributed by atoms with Gasteiger partial charge in [0.2, 0.25) is 0 Å². The highest BCUT2D eigenvalue weighted by molar-refractivity contribution is 7.11. The monoisotopic (exact) mass is 261 g/mol. The van der Waals surface area contributed by atoms with Crippen molar-refractivity contribution < 1.29 is 0 Å². The van der Waals surface area contributed by atoms with Crippen molar-refractivity contribution in [2.24, 2.45) is 0 Å². The van der Waals surface area contributed by atoms with Crippen LogP contribution in [0, 0.1) is 20.8 Å². The van der Waals surface area contributed by atoms with Gasteiger partial charge in [0, 0.05) is 34.0 Å². The van der Waals surface area contributed by atoms with Crippen LogP contribution in [-0.2, 0) is 6.42 Å². The molecule has 0 amide bonds. The zero-order valence-corrected chi connectivity index (χ0v) is 12.1.